The summed E-state index contributed by atoms with van der Waals surface area (Å²) in [7, 11) is 0. The lowest BCUT2D eigenvalue weighted by atomic mass is 10.1. The molecule has 0 unspecified atom stereocenters. The highest BCUT2D eigenvalue weighted by molar-refractivity contribution is 5.85. The summed E-state index contributed by atoms with van der Waals surface area (Å²) in [6.07, 6.45) is -0.0402. The molecular formula is C7H13ClN2O4. The van der Waals surface area contributed by atoms with Crippen LogP contribution in [0.4, 0.5) is 0 Å². The summed E-state index contributed by atoms with van der Waals surface area (Å²) < 4.78 is 0. The van der Waals surface area contributed by atoms with Crippen molar-refractivity contribution < 1.29 is 19.5 Å². The maximum atomic E-state index is 10.5. The molecule has 4 N–H and O–H groups in total. The van der Waals surface area contributed by atoms with E-state index in [4.69, 9.17) is 10.8 Å². The minimum atomic E-state index is -1.17. The number of amides is 2. The quantitative estimate of drug-likeness (QED) is 0.572. The largest absolute Gasteiger partial charge is 0.480 e. The number of hydrogen-bond donors (Lipinski definition) is 3. The molecule has 0 aliphatic rings. The van der Waals surface area contributed by atoms with Crippen molar-refractivity contribution in [1.82, 2.24) is 5.32 Å². The van der Waals surface area contributed by atoms with Gasteiger partial charge in [-0.3, -0.25) is 9.59 Å². The van der Waals surface area contributed by atoms with Crippen LogP contribution < -0.4 is 11.1 Å². The molecule has 0 aromatic heterocycles. The van der Waals surface area contributed by atoms with Crippen molar-refractivity contribution in [1.29, 1.82) is 0 Å². The highest BCUT2D eigenvalue weighted by Crippen LogP contribution is 1.96. The third-order valence-corrected chi connectivity index (χ3v) is 1.36. The summed E-state index contributed by atoms with van der Waals surface area (Å²) in [5.74, 6) is -2.20. The predicted molar refractivity (Wildman–Crippen MR) is 50.9 cm³/mol. The van der Waals surface area contributed by atoms with Crippen LogP contribution in [0.5, 0.6) is 0 Å². The van der Waals surface area contributed by atoms with Gasteiger partial charge in [0, 0.05) is 13.3 Å². The molecule has 0 saturated heterocycles. The molecule has 0 aliphatic heterocycles. The second-order valence-corrected chi connectivity index (χ2v) is 2.60. The second-order valence-electron chi connectivity index (χ2n) is 2.60. The maximum Gasteiger partial charge on any atom is 0.326 e. The first-order valence-electron chi connectivity index (χ1n) is 3.71. The highest BCUT2D eigenvalue weighted by Gasteiger charge is 2.18. The van der Waals surface area contributed by atoms with Crippen LogP contribution in [-0.2, 0) is 14.4 Å². The fourth-order valence-corrected chi connectivity index (χ4v) is 0.789. The molecular weight excluding hydrogens is 212 g/mol. The molecule has 0 aromatic carbocycles. The Bertz CT molecular complexity index is 232. The van der Waals surface area contributed by atoms with E-state index < -0.39 is 23.8 Å². The van der Waals surface area contributed by atoms with E-state index in [9.17, 15) is 14.4 Å². The topological polar surface area (TPSA) is 109 Å². The van der Waals surface area contributed by atoms with Gasteiger partial charge in [0.25, 0.3) is 0 Å². The van der Waals surface area contributed by atoms with Crippen LogP contribution in [0.1, 0.15) is 19.8 Å². The Balaban J connectivity index is 0. The lowest BCUT2D eigenvalue weighted by molar-refractivity contribution is -0.141. The predicted octanol–water partition coefficient (Wildman–Crippen LogP) is -0.737. The van der Waals surface area contributed by atoms with E-state index in [-0.39, 0.29) is 25.2 Å². The molecule has 82 valence electrons. The average molecular weight is 225 g/mol. The summed E-state index contributed by atoms with van der Waals surface area (Å²) in [6, 6.07) is -1.04. The SMILES string of the molecule is CC(=O)N[C@@H](CCC(N)=O)C(=O)O.Cl. The van der Waals surface area contributed by atoms with Crippen molar-refractivity contribution in [2.45, 2.75) is 25.8 Å². The zero-order chi connectivity index (χ0) is 10.4. The van der Waals surface area contributed by atoms with E-state index in [0.29, 0.717) is 0 Å². The number of nitrogens with two attached hydrogens (primary N) is 1. The van der Waals surface area contributed by atoms with Gasteiger partial charge in [-0.1, -0.05) is 0 Å². The van der Waals surface area contributed by atoms with Crippen LogP contribution >= 0.6 is 12.4 Å². The minimum Gasteiger partial charge on any atom is -0.480 e. The Morgan fingerprint density at radius 1 is 1.43 bits per heavy atom. The summed E-state index contributed by atoms with van der Waals surface area (Å²) in [5.41, 5.74) is 4.83. The number of nitrogens with one attached hydrogen (secondary N) is 1. The minimum absolute atomic E-state index is 0. The van der Waals surface area contributed by atoms with Gasteiger partial charge in [0.1, 0.15) is 6.04 Å². The summed E-state index contributed by atoms with van der Waals surface area (Å²) in [5, 5.41) is 10.8. The zero-order valence-electron chi connectivity index (χ0n) is 7.65. The van der Waals surface area contributed by atoms with E-state index in [1.807, 2.05) is 0 Å². The number of hydrogen-bond acceptors (Lipinski definition) is 3. The Labute approximate surface area is 87.3 Å². The Morgan fingerprint density at radius 2 is 1.93 bits per heavy atom. The fraction of sp³-hybridized carbons (Fsp3) is 0.571. The average Bonchev–Trinajstić information content (AvgIpc) is 1.96. The van der Waals surface area contributed by atoms with Crippen molar-refractivity contribution in [2.75, 3.05) is 0 Å². The molecule has 0 heterocycles. The molecule has 0 spiro atoms. The molecule has 2 amide bonds. The third kappa shape index (κ3) is 7.35. The molecule has 14 heavy (non-hydrogen) atoms. The molecule has 6 nitrogen and oxygen atoms in total. The number of carboxylic acids is 1. The molecule has 0 bridgehead atoms. The Hall–Kier alpha value is -1.30. The number of primary amides is 1. The van der Waals surface area contributed by atoms with Crippen molar-refractivity contribution >= 4 is 30.2 Å². The summed E-state index contributed by atoms with van der Waals surface area (Å²) in [6.45, 7) is 1.21. The number of carbonyl (C=O) groups is 3. The van der Waals surface area contributed by atoms with E-state index in [0.717, 1.165) is 0 Å². The van der Waals surface area contributed by atoms with Crippen LogP contribution in [0.15, 0.2) is 0 Å². The number of rotatable bonds is 5. The third-order valence-electron chi connectivity index (χ3n) is 1.36. The lowest BCUT2D eigenvalue weighted by Gasteiger charge is -2.11. The smallest absolute Gasteiger partial charge is 0.326 e. The molecule has 0 aliphatic carbocycles. The monoisotopic (exact) mass is 224 g/mol. The van der Waals surface area contributed by atoms with E-state index in [1.165, 1.54) is 6.92 Å². The van der Waals surface area contributed by atoms with Gasteiger partial charge in [0.15, 0.2) is 0 Å². The van der Waals surface area contributed by atoms with Crippen molar-refractivity contribution in [3.8, 4) is 0 Å². The maximum absolute atomic E-state index is 10.5. The van der Waals surface area contributed by atoms with Crippen LogP contribution in [0.3, 0.4) is 0 Å². The molecule has 0 rings (SSSR count). The van der Waals surface area contributed by atoms with Gasteiger partial charge >= 0.3 is 5.97 Å². The molecule has 0 radical (unpaired) electrons. The normalized spacial score (nSPS) is 10.9. The van der Waals surface area contributed by atoms with Gasteiger partial charge in [0.05, 0.1) is 0 Å². The lowest BCUT2D eigenvalue weighted by Crippen LogP contribution is -2.40. The summed E-state index contributed by atoms with van der Waals surface area (Å²) >= 11 is 0. The molecule has 0 aromatic rings. The van der Waals surface area contributed by atoms with E-state index in [2.05, 4.69) is 5.32 Å². The van der Waals surface area contributed by atoms with Crippen LogP contribution in [-0.4, -0.2) is 28.9 Å². The van der Waals surface area contributed by atoms with Gasteiger partial charge in [-0.25, -0.2) is 4.79 Å². The number of aliphatic carboxylic acids is 1. The van der Waals surface area contributed by atoms with Gasteiger partial charge in [-0.05, 0) is 6.42 Å². The van der Waals surface area contributed by atoms with Gasteiger partial charge < -0.3 is 16.2 Å². The van der Waals surface area contributed by atoms with Gasteiger partial charge in [-0.15, -0.1) is 12.4 Å². The highest BCUT2D eigenvalue weighted by atomic mass is 35.5. The Kier molecular flexibility index (Phi) is 7.74. The molecule has 1 atom stereocenters. The zero-order valence-corrected chi connectivity index (χ0v) is 8.47. The first-order chi connectivity index (χ1) is 5.93. The standard InChI is InChI=1S/C7H12N2O4.ClH/c1-4(10)9-5(7(12)13)2-3-6(8)11;/h5H,2-3H2,1H3,(H2,8,11)(H,9,10)(H,12,13);1H/t5-;/m0./s1. The van der Waals surface area contributed by atoms with Crippen LogP contribution in [0.2, 0.25) is 0 Å². The van der Waals surface area contributed by atoms with E-state index >= 15 is 0 Å². The first kappa shape index (κ1) is 15.2. The summed E-state index contributed by atoms with van der Waals surface area (Å²) in [4.78, 5) is 31.3. The van der Waals surface area contributed by atoms with Crippen molar-refractivity contribution in [2.24, 2.45) is 5.73 Å². The van der Waals surface area contributed by atoms with Crippen LogP contribution in [0.25, 0.3) is 0 Å². The second kappa shape index (κ2) is 7.14. The number of carbonyl (C=O) groups excluding carboxylic acids is 2. The van der Waals surface area contributed by atoms with Gasteiger partial charge in [-0.2, -0.15) is 0 Å². The van der Waals surface area contributed by atoms with Crippen LogP contribution in [0, 0.1) is 0 Å². The molecule has 0 saturated carbocycles. The molecule has 7 heteroatoms. The van der Waals surface area contributed by atoms with E-state index in [1.54, 1.807) is 0 Å². The van der Waals surface area contributed by atoms with Crippen molar-refractivity contribution in [3.63, 3.8) is 0 Å². The molecule has 0 fully saturated rings. The van der Waals surface area contributed by atoms with Crippen molar-refractivity contribution in [3.05, 3.63) is 0 Å². The number of halogens is 1. The fourth-order valence-electron chi connectivity index (χ4n) is 0.789. The number of carboxylic acid groups (broad SMARTS) is 1. The first-order valence-corrected chi connectivity index (χ1v) is 3.71. The van der Waals surface area contributed by atoms with Gasteiger partial charge in [0.2, 0.25) is 11.8 Å². The Morgan fingerprint density at radius 3 is 2.21 bits per heavy atom.